The summed E-state index contributed by atoms with van der Waals surface area (Å²) >= 11 is 12.1. The van der Waals surface area contributed by atoms with E-state index in [9.17, 15) is 9.59 Å². The zero-order valence-electron chi connectivity index (χ0n) is 14.5. The van der Waals surface area contributed by atoms with E-state index in [4.69, 9.17) is 28.3 Å². The average molecular weight is 396 g/mol. The molecule has 1 aliphatic rings. The molecule has 6 nitrogen and oxygen atoms in total. The highest BCUT2D eigenvalue weighted by atomic mass is 35.5. The highest BCUT2D eigenvalue weighted by Gasteiger charge is 2.31. The van der Waals surface area contributed by atoms with Crippen molar-refractivity contribution in [1.82, 2.24) is 14.7 Å². The lowest BCUT2D eigenvalue weighted by Gasteiger charge is -2.16. The van der Waals surface area contributed by atoms with Crippen molar-refractivity contribution in [2.75, 3.05) is 13.1 Å². The second-order valence-electron chi connectivity index (χ2n) is 6.50. The number of carboxylic acid groups (broad SMARTS) is 1. The van der Waals surface area contributed by atoms with Crippen LogP contribution in [0.4, 0.5) is 0 Å². The van der Waals surface area contributed by atoms with Gasteiger partial charge in [-0.25, -0.2) is 4.68 Å². The van der Waals surface area contributed by atoms with Crippen LogP contribution in [0.5, 0.6) is 0 Å². The first-order chi connectivity index (χ1) is 12.3. The van der Waals surface area contributed by atoms with Gasteiger partial charge >= 0.3 is 5.97 Å². The third-order valence-corrected chi connectivity index (χ3v) is 5.55. The first kappa shape index (κ1) is 18.7. The number of hydrogen-bond acceptors (Lipinski definition) is 3. The number of aliphatic carboxylic acids is 1. The number of aryl methyl sites for hydroxylation is 1. The summed E-state index contributed by atoms with van der Waals surface area (Å²) in [5.74, 6) is -1.39. The predicted octanol–water partition coefficient (Wildman–Crippen LogP) is 3.27. The molecule has 1 saturated heterocycles. The minimum Gasteiger partial charge on any atom is -0.481 e. The topological polar surface area (TPSA) is 75.4 Å². The standard InChI is InChI=1S/C18H19Cl2N3O3/c1-10-14(8-17(24)22-6-5-12(9-22)18(25)26)11(2)23(21-10)13-3-4-15(19)16(20)7-13/h3-4,7,12H,5-6,8-9H2,1-2H3,(H,25,26). The van der Waals surface area contributed by atoms with Gasteiger partial charge in [-0.2, -0.15) is 5.10 Å². The Bertz CT molecular complexity index is 879. The zero-order valence-corrected chi connectivity index (χ0v) is 16.0. The molecule has 8 heteroatoms. The minimum absolute atomic E-state index is 0.0753. The number of rotatable bonds is 4. The lowest BCUT2D eigenvalue weighted by molar-refractivity contribution is -0.141. The fourth-order valence-electron chi connectivity index (χ4n) is 3.25. The van der Waals surface area contributed by atoms with Crippen molar-refractivity contribution in [3.63, 3.8) is 0 Å². The van der Waals surface area contributed by atoms with Crippen LogP contribution in [-0.2, 0) is 16.0 Å². The van der Waals surface area contributed by atoms with Crippen LogP contribution in [0, 0.1) is 19.8 Å². The van der Waals surface area contributed by atoms with Gasteiger partial charge in [-0.3, -0.25) is 9.59 Å². The molecule has 1 aromatic carbocycles. The molecule has 2 aromatic rings. The molecule has 1 unspecified atom stereocenters. The molecule has 1 atom stereocenters. The van der Waals surface area contributed by atoms with Crippen molar-refractivity contribution in [3.8, 4) is 5.69 Å². The Morgan fingerprint density at radius 3 is 2.62 bits per heavy atom. The van der Waals surface area contributed by atoms with E-state index in [1.54, 1.807) is 21.7 Å². The second-order valence-corrected chi connectivity index (χ2v) is 7.31. The minimum atomic E-state index is -0.847. The van der Waals surface area contributed by atoms with Crippen LogP contribution >= 0.6 is 23.2 Å². The second kappa shape index (κ2) is 7.29. The summed E-state index contributed by atoms with van der Waals surface area (Å²) in [4.78, 5) is 25.3. The van der Waals surface area contributed by atoms with Crippen LogP contribution in [-0.4, -0.2) is 44.8 Å². The summed E-state index contributed by atoms with van der Waals surface area (Å²) in [7, 11) is 0. The average Bonchev–Trinajstić information content (AvgIpc) is 3.18. The number of aromatic nitrogens is 2. The fraction of sp³-hybridized carbons (Fsp3) is 0.389. The normalized spacial score (nSPS) is 16.9. The lowest BCUT2D eigenvalue weighted by Crippen LogP contribution is -2.31. The van der Waals surface area contributed by atoms with Crippen LogP contribution < -0.4 is 0 Å². The Hall–Kier alpha value is -2.05. The van der Waals surface area contributed by atoms with Gasteiger partial charge in [0.25, 0.3) is 0 Å². The number of nitrogens with zero attached hydrogens (tertiary/aromatic N) is 3. The highest BCUT2D eigenvalue weighted by molar-refractivity contribution is 6.42. The van der Waals surface area contributed by atoms with Crippen molar-refractivity contribution in [3.05, 3.63) is 45.2 Å². The van der Waals surface area contributed by atoms with Crippen molar-refractivity contribution in [2.24, 2.45) is 5.92 Å². The summed E-state index contributed by atoms with van der Waals surface area (Å²) in [6.07, 6.45) is 0.701. The van der Waals surface area contributed by atoms with Gasteiger partial charge < -0.3 is 10.0 Å². The van der Waals surface area contributed by atoms with Crippen molar-refractivity contribution in [1.29, 1.82) is 0 Å². The predicted molar refractivity (Wildman–Crippen MR) is 99.1 cm³/mol. The first-order valence-corrected chi connectivity index (χ1v) is 9.04. The Kier molecular flexibility index (Phi) is 5.25. The van der Waals surface area contributed by atoms with Crippen molar-refractivity contribution < 1.29 is 14.7 Å². The molecule has 2 heterocycles. The number of carboxylic acids is 1. The molecule has 3 rings (SSSR count). The largest absolute Gasteiger partial charge is 0.481 e. The van der Waals surface area contributed by atoms with Crippen LogP contribution in [0.25, 0.3) is 5.69 Å². The Morgan fingerprint density at radius 1 is 1.27 bits per heavy atom. The number of amides is 1. The van der Waals surface area contributed by atoms with Crippen LogP contribution in [0.2, 0.25) is 10.0 Å². The molecule has 1 N–H and O–H groups in total. The molecule has 26 heavy (non-hydrogen) atoms. The van der Waals surface area contributed by atoms with E-state index in [0.29, 0.717) is 23.0 Å². The number of hydrogen-bond donors (Lipinski definition) is 1. The number of likely N-dealkylation sites (tertiary alicyclic amines) is 1. The maximum Gasteiger partial charge on any atom is 0.308 e. The van der Waals surface area contributed by atoms with Gasteiger partial charge in [0.05, 0.1) is 33.8 Å². The number of carbonyl (C=O) groups is 2. The monoisotopic (exact) mass is 395 g/mol. The molecule has 0 aliphatic carbocycles. The molecule has 0 saturated carbocycles. The third-order valence-electron chi connectivity index (χ3n) is 4.81. The summed E-state index contributed by atoms with van der Waals surface area (Å²) in [6, 6.07) is 5.25. The third kappa shape index (κ3) is 3.57. The molecule has 0 radical (unpaired) electrons. The maximum atomic E-state index is 12.6. The Morgan fingerprint density at radius 2 is 2.00 bits per heavy atom. The molecule has 138 valence electrons. The fourth-order valence-corrected chi connectivity index (χ4v) is 3.54. The lowest BCUT2D eigenvalue weighted by atomic mass is 10.1. The maximum absolute atomic E-state index is 12.6. The number of carbonyl (C=O) groups excluding carboxylic acids is 1. The van der Waals surface area contributed by atoms with Crippen LogP contribution in [0.15, 0.2) is 18.2 Å². The molecular formula is C18H19Cl2N3O3. The van der Waals surface area contributed by atoms with Gasteiger partial charge in [-0.1, -0.05) is 23.2 Å². The Labute approximate surface area is 161 Å². The van der Waals surface area contributed by atoms with E-state index >= 15 is 0 Å². The van der Waals surface area contributed by atoms with E-state index in [1.165, 1.54) is 0 Å². The quantitative estimate of drug-likeness (QED) is 0.861. The molecule has 1 aliphatic heterocycles. The van der Waals surface area contributed by atoms with Crippen molar-refractivity contribution >= 4 is 35.1 Å². The number of benzene rings is 1. The SMILES string of the molecule is Cc1nn(-c2ccc(Cl)c(Cl)c2)c(C)c1CC(=O)N1CCC(C(=O)O)C1. The van der Waals surface area contributed by atoms with Crippen LogP contribution in [0.1, 0.15) is 23.4 Å². The van der Waals surface area contributed by atoms with E-state index in [2.05, 4.69) is 5.10 Å². The van der Waals surface area contributed by atoms with Gasteiger partial charge in [0.15, 0.2) is 0 Å². The van der Waals surface area contributed by atoms with Crippen LogP contribution in [0.3, 0.4) is 0 Å². The Balaban J connectivity index is 1.81. The van der Waals surface area contributed by atoms with Gasteiger partial charge in [-0.05, 0) is 38.5 Å². The van der Waals surface area contributed by atoms with Gasteiger partial charge in [0, 0.05) is 24.3 Å². The summed E-state index contributed by atoms with van der Waals surface area (Å²) in [6.45, 7) is 4.50. The van der Waals surface area contributed by atoms with Gasteiger partial charge in [0.1, 0.15) is 0 Å². The summed E-state index contributed by atoms with van der Waals surface area (Å²) in [5, 5.41) is 14.5. The molecule has 0 spiro atoms. The van der Waals surface area contributed by atoms with E-state index in [-0.39, 0.29) is 18.9 Å². The highest BCUT2D eigenvalue weighted by Crippen LogP contribution is 2.27. The molecule has 1 fully saturated rings. The van der Waals surface area contributed by atoms with E-state index < -0.39 is 11.9 Å². The summed E-state index contributed by atoms with van der Waals surface area (Å²) < 4.78 is 1.74. The van der Waals surface area contributed by atoms with E-state index in [0.717, 1.165) is 22.6 Å². The van der Waals surface area contributed by atoms with Gasteiger partial charge in [0.2, 0.25) is 5.91 Å². The molecule has 1 aromatic heterocycles. The summed E-state index contributed by atoms with van der Waals surface area (Å²) in [5.41, 5.74) is 3.23. The van der Waals surface area contributed by atoms with Gasteiger partial charge in [-0.15, -0.1) is 0 Å². The zero-order chi connectivity index (χ0) is 19.0. The number of halogens is 2. The molecule has 1 amide bonds. The smallest absolute Gasteiger partial charge is 0.308 e. The van der Waals surface area contributed by atoms with E-state index in [1.807, 2.05) is 19.9 Å². The first-order valence-electron chi connectivity index (χ1n) is 8.29. The van der Waals surface area contributed by atoms with Crippen molar-refractivity contribution in [2.45, 2.75) is 26.7 Å². The molecule has 0 bridgehead atoms. The molecular weight excluding hydrogens is 377 g/mol.